The fraction of sp³-hybridized carbons (Fsp3) is 0. The summed E-state index contributed by atoms with van der Waals surface area (Å²) in [5.74, 6) is 0. The second-order valence-corrected chi connectivity index (χ2v) is 12.6. The van der Waals surface area contributed by atoms with Gasteiger partial charge in [-0.05, 0) is 85.0 Å². The lowest BCUT2D eigenvalue weighted by Crippen LogP contribution is -2.02. The Kier molecular flexibility index (Phi) is 8.11. The molecule has 0 nitrogen and oxygen atoms in total. The first kappa shape index (κ1) is 28.3. The van der Waals surface area contributed by atoms with Crippen LogP contribution in [0.3, 0.4) is 0 Å². The quantitative estimate of drug-likeness (QED) is 0.163. The highest BCUT2D eigenvalue weighted by molar-refractivity contribution is 9.11. The van der Waals surface area contributed by atoms with E-state index in [-0.39, 0.29) is 0 Å². The van der Waals surface area contributed by atoms with Gasteiger partial charge in [-0.25, -0.2) is 0 Å². The molecule has 0 spiro atoms. The lowest BCUT2D eigenvalue weighted by atomic mass is 9.74. The minimum absolute atomic E-state index is 1.02. The molecule has 0 aliphatic rings. The molecule has 2 heteroatoms. The minimum atomic E-state index is 1.02. The van der Waals surface area contributed by atoms with Crippen LogP contribution in [-0.2, 0) is 0 Å². The molecular weight excluding hydrogens is 664 g/mol. The van der Waals surface area contributed by atoms with Crippen molar-refractivity contribution >= 4 is 31.9 Å². The van der Waals surface area contributed by atoms with E-state index in [1.54, 1.807) is 0 Å². The van der Waals surface area contributed by atoms with Gasteiger partial charge in [0.15, 0.2) is 0 Å². The predicted molar refractivity (Wildman–Crippen MR) is 194 cm³/mol. The van der Waals surface area contributed by atoms with E-state index in [0.717, 1.165) is 14.5 Å². The second-order valence-electron chi connectivity index (χ2n) is 10.7. The van der Waals surface area contributed by atoms with Crippen LogP contribution in [-0.4, -0.2) is 0 Å². The number of hydrogen-bond donors (Lipinski definition) is 0. The first-order chi connectivity index (χ1) is 21.7. The van der Waals surface area contributed by atoms with Crippen LogP contribution < -0.4 is 0 Å². The highest BCUT2D eigenvalue weighted by atomic mass is 79.9. The molecule has 210 valence electrons. The summed E-state index contributed by atoms with van der Waals surface area (Å²) < 4.78 is 2.05. The van der Waals surface area contributed by atoms with Gasteiger partial charge in [-0.1, -0.05) is 184 Å². The van der Waals surface area contributed by atoms with E-state index in [1.807, 2.05) is 0 Å². The summed E-state index contributed by atoms with van der Waals surface area (Å²) in [7, 11) is 0. The molecule has 7 rings (SSSR count). The van der Waals surface area contributed by atoms with Crippen LogP contribution in [0.25, 0.3) is 66.8 Å². The van der Waals surface area contributed by atoms with Crippen LogP contribution in [0.2, 0.25) is 0 Å². The Hall–Kier alpha value is -4.50. The summed E-state index contributed by atoms with van der Waals surface area (Å²) in [6.45, 7) is 0. The summed E-state index contributed by atoms with van der Waals surface area (Å²) >= 11 is 7.64. The average Bonchev–Trinajstić information content (AvgIpc) is 3.08. The van der Waals surface area contributed by atoms with Crippen molar-refractivity contribution in [2.75, 3.05) is 0 Å². The number of rotatable bonds is 6. The summed E-state index contributed by atoms with van der Waals surface area (Å²) in [6, 6.07) is 60.9. The summed E-state index contributed by atoms with van der Waals surface area (Å²) in [4.78, 5) is 0. The molecule has 0 heterocycles. The molecule has 0 aliphatic heterocycles. The fourth-order valence-electron chi connectivity index (χ4n) is 6.20. The van der Waals surface area contributed by atoms with Crippen LogP contribution in [0.15, 0.2) is 179 Å². The zero-order chi connectivity index (χ0) is 29.9. The van der Waals surface area contributed by atoms with Gasteiger partial charge < -0.3 is 0 Å². The topological polar surface area (TPSA) is 0 Å². The molecule has 0 saturated carbocycles. The fourth-order valence-corrected chi connectivity index (χ4v) is 7.50. The third kappa shape index (κ3) is 5.48. The third-order valence-electron chi connectivity index (χ3n) is 7.96. The minimum Gasteiger partial charge on any atom is -0.0622 e. The molecule has 0 atom stereocenters. The molecule has 0 unspecified atom stereocenters. The second kappa shape index (κ2) is 12.6. The third-order valence-corrected chi connectivity index (χ3v) is 8.88. The van der Waals surface area contributed by atoms with Crippen LogP contribution >= 0.6 is 31.9 Å². The molecule has 0 radical (unpaired) electrons. The van der Waals surface area contributed by atoms with Crippen molar-refractivity contribution in [2.45, 2.75) is 0 Å². The predicted octanol–water partition coefficient (Wildman–Crippen LogP) is 13.2. The molecule has 0 aromatic heterocycles. The van der Waals surface area contributed by atoms with E-state index in [9.17, 15) is 0 Å². The normalized spacial score (nSPS) is 11.0. The van der Waals surface area contributed by atoms with Crippen LogP contribution in [0, 0.1) is 0 Å². The van der Waals surface area contributed by atoms with Gasteiger partial charge in [-0.2, -0.15) is 0 Å². The molecule has 0 bridgehead atoms. The van der Waals surface area contributed by atoms with Crippen molar-refractivity contribution < 1.29 is 0 Å². The molecular formula is C42H28Br2. The number of benzene rings is 7. The summed E-state index contributed by atoms with van der Waals surface area (Å²) in [5.41, 5.74) is 14.3. The van der Waals surface area contributed by atoms with Crippen molar-refractivity contribution in [1.82, 2.24) is 0 Å². The first-order valence-electron chi connectivity index (χ1n) is 14.7. The highest BCUT2D eigenvalue weighted by Crippen LogP contribution is 2.56. The molecule has 0 aliphatic carbocycles. The number of hydrogen-bond acceptors (Lipinski definition) is 0. The van der Waals surface area contributed by atoms with Gasteiger partial charge in [0.2, 0.25) is 0 Å². The van der Waals surface area contributed by atoms with Crippen molar-refractivity contribution in [3.63, 3.8) is 0 Å². The van der Waals surface area contributed by atoms with Crippen LogP contribution in [0.1, 0.15) is 0 Å². The van der Waals surface area contributed by atoms with Gasteiger partial charge in [0.25, 0.3) is 0 Å². The Morgan fingerprint density at radius 3 is 0.659 bits per heavy atom. The largest absolute Gasteiger partial charge is 0.0622 e. The van der Waals surface area contributed by atoms with Crippen molar-refractivity contribution in [2.24, 2.45) is 0 Å². The zero-order valence-corrected chi connectivity index (χ0v) is 27.1. The Bertz CT molecular complexity index is 1910. The molecule has 44 heavy (non-hydrogen) atoms. The monoisotopic (exact) mass is 690 g/mol. The molecule has 7 aromatic rings. The molecule has 0 fully saturated rings. The van der Waals surface area contributed by atoms with E-state index in [2.05, 4.69) is 202 Å². The van der Waals surface area contributed by atoms with Gasteiger partial charge in [-0.3, -0.25) is 0 Å². The number of halogens is 2. The Morgan fingerprint density at radius 2 is 0.432 bits per heavy atom. The Balaban J connectivity index is 1.83. The highest BCUT2D eigenvalue weighted by Gasteiger charge is 2.29. The van der Waals surface area contributed by atoms with Crippen molar-refractivity contribution in [3.8, 4) is 66.8 Å². The standard InChI is InChI=1S/C42H28Br2/c43-35-26-34(27-36(44)28-35)42-40(32-22-12-4-13-23-32)38(30-18-8-2-9-19-30)37(29-16-6-1-7-17-29)39(31-20-10-3-11-21-31)41(42)33-24-14-5-15-25-33/h1-28H. The van der Waals surface area contributed by atoms with E-state index in [0.29, 0.717) is 0 Å². The first-order valence-corrected chi connectivity index (χ1v) is 16.2. The lowest BCUT2D eigenvalue weighted by molar-refractivity contribution is 1.50. The van der Waals surface area contributed by atoms with Gasteiger partial charge in [-0.15, -0.1) is 0 Å². The lowest BCUT2D eigenvalue weighted by Gasteiger charge is -2.29. The Labute approximate surface area is 276 Å². The maximum atomic E-state index is 3.82. The maximum Gasteiger partial charge on any atom is 0.0192 e. The van der Waals surface area contributed by atoms with Gasteiger partial charge >= 0.3 is 0 Å². The SMILES string of the molecule is Brc1cc(Br)cc(-c2c(-c3ccccc3)c(-c3ccccc3)c(-c3ccccc3)c(-c3ccccc3)c2-c2ccccc2)c1. The van der Waals surface area contributed by atoms with E-state index in [1.165, 1.54) is 61.2 Å². The molecule has 0 saturated heterocycles. The summed E-state index contributed by atoms with van der Waals surface area (Å²) in [6.07, 6.45) is 0. The van der Waals surface area contributed by atoms with Crippen LogP contribution in [0.4, 0.5) is 0 Å². The van der Waals surface area contributed by atoms with Gasteiger partial charge in [0.1, 0.15) is 0 Å². The average molecular weight is 692 g/mol. The van der Waals surface area contributed by atoms with Crippen molar-refractivity contribution in [1.29, 1.82) is 0 Å². The summed E-state index contributed by atoms with van der Waals surface area (Å²) in [5, 5.41) is 0. The van der Waals surface area contributed by atoms with E-state index < -0.39 is 0 Å². The smallest absolute Gasteiger partial charge is 0.0192 e. The van der Waals surface area contributed by atoms with E-state index in [4.69, 9.17) is 0 Å². The maximum absolute atomic E-state index is 3.82. The van der Waals surface area contributed by atoms with E-state index >= 15 is 0 Å². The zero-order valence-electron chi connectivity index (χ0n) is 23.9. The molecule has 0 N–H and O–H groups in total. The van der Waals surface area contributed by atoms with Crippen molar-refractivity contribution in [3.05, 3.63) is 179 Å². The Morgan fingerprint density at radius 1 is 0.227 bits per heavy atom. The van der Waals surface area contributed by atoms with Gasteiger partial charge in [0, 0.05) is 8.95 Å². The van der Waals surface area contributed by atoms with Gasteiger partial charge in [0.05, 0.1) is 0 Å². The molecule has 7 aromatic carbocycles. The molecule has 0 amide bonds. The van der Waals surface area contributed by atoms with Crippen LogP contribution in [0.5, 0.6) is 0 Å².